The van der Waals surface area contributed by atoms with E-state index in [1.165, 1.54) is 24.4 Å². The van der Waals surface area contributed by atoms with Gasteiger partial charge in [-0.1, -0.05) is 0 Å². The van der Waals surface area contributed by atoms with Crippen LogP contribution in [0.2, 0.25) is 0 Å². The van der Waals surface area contributed by atoms with Crippen molar-refractivity contribution >= 4 is 16.6 Å². The highest BCUT2D eigenvalue weighted by molar-refractivity contribution is 5.95. The number of benzene rings is 1. The number of nitriles is 1. The summed E-state index contributed by atoms with van der Waals surface area (Å²) >= 11 is 0. The summed E-state index contributed by atoms with van der Waals surface area (Å²) in [4.78, 5) is 5.70. The van der Waals surface area contributed by atoms with Gasteiger partial charge in [-0.2, -0.15) is 5.26 Å². The standard InChI is InChI=1S/C13H10F3N3O/c1-19(2)12-8(6-17)7-18-11-4-3-9(5-10(11)12)20-13(14,15)16/h3-5,7H,1-2H3. The number of ether oxygens (including phenoxy) is 1. The lowest BCUT2D eigenvalue weighted by Gasteiger charge is -2.17. The third kappa shape index (κ3) is 2.74. The summed E-state index contributed by atoms with van der Waals surface area (Å²) < 4.78 is 40.6. The number of rotatable bonds is 2. The van der Waals surface area contributed by atoms with Gasteiger partial charge in [0, 0.05) is 25.7 Å². The molecule has 0 amide bonds. The number of nitrogens with zero attached hydrogens (tertiary/aromatic N) is 3. The first-order valence-corrected chi connectivity index (χ1v) is 5.58. The Kier molecular flexibility index (Phi) is 3.40. The molecular formula is C13H10F3N3O. The summed E-state index contributed by atoms with van der Waals surface area (Å²) in [5.41, 5.74) is 1.28. The van der Waals surface area contributed by atoms with Crippen molar-refractivity contribution in [1.82, 2.24) is 4.98 Å². The van der Waals surface area contributed by atoms with Crippen molar-refractivity contribution in [2.75, 3.05) is 19.0 Å². The Bertz CT molecular complexity index is 690. The average molecular weight is 281 g/mol. The van der Waals surface area contributed by atoms with Crippen molar-refractivity contribution in [3.63, 3.8) is 0 Å². The number of fused-ring (bicyclic) bond motifs is 1. The van der Waals surface area contributed by atoms with Gasteiger partial charge in [0.2, 0.25) is 0 Å². The molecule has 104 valence electrons. The third-order valence-electron chi connectivity index (χ3n) is 2.61. The van der Waals surface area contributed by atoms with Crippen molar-refractivity contribution in [2.45, 2.75) is 6.36 Å². The zero-order valence-electron chi connectivity index (χ0n) is 10.7. The minimum atomic E-state index is -4.76. The molecule has 0 saturated carbocycles. The van der Waals surface area contributed by atoms with E-state index in [2.05, 4.69) is 9.72 Å². The first-order chi connectivity index (χ1) is 9.31. The van der Waals surface area contributed by atoms with Crippen LogP contribution in [0.5, 0.6) is 5.75 Å². The Morgan fingerprint density at radius 2 is 2.00 bits per heavy atom. The van der Waals surface area contributed by atoms with E-state index in [9.17, 15) is 13.2 Å². The topological polar surface area (TPSA) is 49.2 Å². The predicted molar refractivity (Wildman–Crippen MR) is 67.5 cm³/mol. The monoisotopic (exact) mass is 281 g/mol. The van der Waals surface area contributed by atoms with E-state index in [-0.39, 0.29) is 11.3 Å². The number of aromatic nitrogens is 1. The summed E-state index contributed by atoms with van der Waals surface area (Å²) in [7, 11) is 3.40. The second-order valence-corrected chi connectivity index (χ2v) is 4.25. The first kappa shape index (κ1) is 13.9. The molecule has 0 radical (unpaired) electrons. The molecule has 0 aliphatic rings. The van der Waals surface area contributed by atoms with Crippen molar-refractivity contribution in [3.8, 4) is 11.8 Å². The van der Waals surface area contributed by atoms with Crippen LogP contribution >= 0.6 is 0 Å². The van der Waals surface area contributed by atoms with Gasteiger partial charge in [0.15, 0.2) is 0 Å². The lowest BCUT2D eigenvalue weighted by Crippen LogP contribution is -2.17. The maximum atomic E-state index is 12.2. The maximum Gasteiger partial charge on any atom is 0.573 e. The van der Waals surface area contributed by atoms with E-state index < -0.39 is 6.36 Å². The van der Waals surface area contributed by atoms with E-state index in [1.54, 1.807) is 19.0 Å². The van der Waals surface area contributed by atoms with Gasteiger partial charge in [-0.25, -0.2) is 0 Å². The summed E-state index contributed by atoms with van der Waals surface area (Å²) in [6.45, 7) is 0. The number of anilines is 1. The van der Waals surface area contributed by atoms with Gasteiger partial charge in [0.1, 0.15) is 11.8 Å². The molecule has 0 spiro atoms. The molecule has 2 rings (SSSR count). The first-order valence-electron chi connectivity index (χ1n) is 5.58. The van der Waals surface area contributed by atoms with Crippen LogP contribution in [0.3, 0.4) is 0 Å². The number of hydrogen-bond donors (Lipinski definition) is 0. The average Bonchev–Trinajstić information content (AvgIpc) is 2.34. The molecule has 0 aliphatic carbocycles. The minimum absolute atomic E-state index is 0.284. The number of halogens is 3. The Labute approximate surface area is 113 Å². The quantitative estimate of drug-likeness (QED) is 0.848. The molecular weight excluding hydrogens is 271 g/mol. The van der Waals surface area contributed by atoms with E-state index in [4.69, 9.17) is 5.26 Å². The van der Waals surface area contributed by atoms with Crippen molar-refractivity contribution < 1.29 is 17.9 Å². The van der Waals surface area contributed by atoms with E-state index in [0.29, 0.717) is 16.6 Å². The normalized spacial score (nSPS) is 11.2. The summed E-state index contributed by atoms with van der Waals surface area (Å²) in [5.74, 6) is -0.343. The third-order valence-corrected chi connectivity index (χ3v) is 2.61. The fraction of sp³-hybridized carbons (Fsp3) is 0.231. The zero-order valence-corrected chi connectivity index (χ0v) is 10.7. The van der Waals surface area contributed by atoms with Gasteiger partial charge in [0.25, 0.3) is 0 Å². The van der Waals surface area contributed by atoms with E-state index >= 15 is 0 Å². The van der Waals surface area contributed by atoms with Gasteiger partial charge in [-0.05, 0) is 18.2 Å². The van der Waals surface area contributed by atoms with Crippen molar-refractivity contribution in [3.05, 3.63) is 30.0 Å². The molecule has 2 aromatic rings. The lowest BCUT2D eigenvalue weighted by molar-refractivity contribution is -0.274. The van der Waals surface area contributed by atoms with Gasteiger partial charge >= 0.3 is 6.36 Å². The molecule has 0 aliphatic heterocycles. The predicted octanol–water partition coefficient (Wildman–Crippen LogP) is 3.07. The van der Waals surface area contributed by atoms with E-state index in [0.717, 1.165) is 0 Å². The van der Waals surface area contributed by atoms with Gasteiger partial charge in [-0.3, -0.25) is 4.98 Å². The molecule has 0 atom stereocenters. The molecule has 1 heterocycles. The van der Waals surface area contributed by atoms with Crippen LogP contribution < -0.4 is 9.64 Å². The van der Waals surface area contributed by atoms with Crippen LogP contribution in [0.15, 0.2) is 24.4 Å². The van der Waals surface area contributed by atoms with Gasteiger partial charge in [-0.15, -0.1) is 13.2 Å². The van der Waals surface area contributed by atoms with Crippen molar-refractivity contribution in [1.29, 1.82) is 5.26 Å². The van der Waals surface area contributed by atoms with Crippen LogP contribution in [0.25, 0.3) is 10.9 Å². The van der Waals surface area contributed by atoms with Crippen LogP contribution in [0.1, 0.15) is 5.56 Å². The molecule has 7 heteroatoms. The molecule has 0 N–H and O–H groups in total. The summed E-state index contributed by atoms with van der Waals surface area (Å²) in [5, 5.41) is 9.48. The Morgan fingerprint density at radius 1 is 1.30 bits per heavy atom. The fourth-order valence-electron chi connectivity index (χ4n) is 1.92. The van der Waals surface area contributed by atoms with Crippen LogP contribution in [-0.2, 0) is 0 Å². The van der Waals surface area contributed by atoms with Gasteiger partial charge in [0.05, 0.1) is 16.8 Å². The fourth-order valence-corrected chi connectivity index (χ4v) is 1.92. The highest BCUT2D eigenvalue weighted by Crippen LogP contribution is 2.32. The summed E-state index contributed by atoms with van der Waals surface area (Å²) in [6.07, 6.45) is -3.37. The van der Waals surface area contributed by atoms with Gasteiger partial charge < -0.3 is 9.64 Å². The van der Waals surface area contributed by atoms with Crippen LogP contribution in [0, 0.1) is 11.3 Å². The Balaban J connectivity index is 2.65. The second kappa shape index (κ2) is 4.89. The molecule has 0 fully saturated rings. The number of hydrogen-bond acceptors (Lipinski definition) is 4. The summed E-state index contributed by atoms with van der Waals surface area (Å²) in [6, 6.07) is 5.81. The Hall–Kier alpha value is -2.49. The van der Waals surface area contributed by atoms with Crippen molar-refractivity contribution in [2.24, 2.45) is 0 Å². The molecule has 0 unspecified atom stereocenters. The molecule has 1 aromatic heterocycles. The largest absolute Gasteiger partial charge is 0.573 e. The minimum Gasteiger partial charge on any atom is -0.406 e. The van der Waals surface area contributed by atoms with E-state index in [1.807, 2.05) is 6.07 Å². The molecule has 4 nitrogen and oxygen atoms in total. The highest BCUT2D eigenvalue weighted by atomic mass is 19.4. The zero-order chi connectivity index (χ0) is 14.9. The number of pyridine rings is 1. The molecule has 20 heavy (non-hydrogen) atoms. The highest BCUT2D eigenvalue weighted by Gasteiger charge is 2.31. The molecule has 0 bridgehead atoms. The Morgan fingerprint density at radius 3 is 2.55 bits per heavy atom. The second-order valence-electron chi connectivity index (χ2n) is 4.25. The smallest absolute Gasteiger partial charge is 0.406 e. The lowest BCUT2D eigenvalue weighted by atomic mass is 10.1. The molecule has 1 aromatic carbocycles. The molecule has 0 saturated heterocycles. The SMILES string of the molecule is CN(C)c1c(C#N)cnc2ccc(OC(F)(F)F)cc12. The van der Waals surface area contributed by atoms with Crippen LogP contribution in [-0.4, -0.2) is 25.4 Å². The number of alkyl halides is 3. The maximum absolute atomic E-state index is 12.2. The van der Waals surface area contributed by atoms with Crippen LogP contribution in [0.4, 0.5) is 18.9 Å².